The average molecular weight is 293 g/mol. The second kappa shape index (κ2) is 6.34. The summed E-state index contributed by atoms with van der Waals surface area (Å²) in [5.41, 5.74) is 7.20. The molecule has 2 rings (SSSR count). The number of esters is 1. The van der Waals surface area contributed by atoms with Gasteiger partial charge in [-0.3, -0.25) is 9.36 Å². The van der Waals surface area contributed by atoms with Crippen LogP contribution in [-0.4, -0.2) is 36.3 Å². The number of anilines is 1. The third-order valence-electron chi connectivity index (χ3n) is 3.04. The highest BCUT2D eigenvalue weighted by molar-refractivity contribution is 5.84. The van der Waals surface area contributed by atoms with Gasteiger partial charge in [0.2, 0.25) is 5.95 Å². The molecule has 0 unspecified atom stereocenters. The lowest BCUT2D eigenvalue weighted by molar-refractivity contribution is -0.144. The summed E-state index contributed by atoms with van der Waals surface area (Å²) < 4.78 is 17.1. The Labute approximate surface area is 122 Å². The van der Waals surface area contributed by atoms with E-state index in [0.717, 1.165) is 6.42 Å². The Bertz CT molecular complexity index is 651. The van der Waals surface area contributed by atoms with E-state index in [1.54, 1.807) is 30.9 Å². The predicted molar refractivity (Wildman–Crippen MR) is 78.5 cm³/mol. The van der Waals surface area contributed by atoms with Gasteiger partial charge < -0.3 is 19.9 Å². The van der Waals surface area contributed by atoms with E-state index in [1.165, 1.54) is 0 Å². The minimum Gasteiger partial charge on any atom is -0.493 e. The van der Waals surface area contributed by atoms with Crippen molar-refractivity contribution in [1.82, 2.24) is 9.55 Å². The molecule has 1 heterocycles. The van der Waals surface area contributed by atoms with Gasteiger partial charge in [0.25, 0.3) is 0 Å². The number of aromatic nitrogens is 2. The number of benzene rings is 1. The standard InChI is InChI=1S/C14H19N3O4/c1-4-5-21-13(18)8-17-10-7-12(20-3)11(19-2)6-9(10)16-14(17)15/h6-7H,4-5,8H2,1-3H3,(H2,15,16). The van der Waals surface area contributed by atoms with Crippen LogP contribution in [-0.2, 0) is 16.1 Å². The van der Waals surface area contributed by atoms with Crippen LogP contribution in [0.3, 0.4) is 0 Å². The molecule has 1 aromatic heterocycles. The van der Waals surface area contributed by atoms with Gasteiger partial charge in [-0.15, -0.1) is 0 Å². The Morgan fingerprint density at radius 1 is 1.29 bits per heavy atom. The van der Waals surface area contributed by atoms with E-state index < -0.39 is 0 Å². The summed E-state index contributed by atoms with van der Waals surface area (Å²) in [6, 6.07) is 3.46. The lowest BCUT2D eigenvalue weighted by Crippen LogP contribution is -2.15. The minimum atomic E-state index is -0.349. The molecule has 7 nitrogen and oxygen atoms in total. The van der Waals surface area contributed by atoms with Crippen molar-refractivity contribution < 1.29 is 19.0 Å². The Morgan fingerprint density at radius 2 is 1.95 bits per heavy atom. The number of hydrogen-bond acceptors (Lipinski definition) is 6. The molecule has 21 heavy (non-hydrogen) atoms. The number of nitrogens with zero attached hydrogens (tertiary/aromatic N) is 2. The van der Waals surface area contributed by atoms with Gasteiger partial charge in [0, 0.05) is 12.1 Å². The fourth-order valence-corrected chi connectivity index (χ4v) is 2.03. The van der Waals surface area contributed by atoms with Crippen molar-refractivity contribution in [3.8, 4) is 11.5 Å². The molecule has 0 bridgehead atoms. The molecular formula is C14H19N3O4. The van der Waals surface area contributed by atoms with Crippen molar-refractivity contribution in [2.75, 3.05) is 26.6 Å². The Kier molecular flexibility index (Phi) is 4.52. The minimum absolute atomic E-state index is 0.0117. The van der Waals surface area contributed by atoms with Gasteiger partial charge in [-0.25, -0.2) is 4.98 Å². The second-order valence-corrected chi connectivity index (χ2v) is 4.47. The zero-order chi connectivity index (χ0) is 15.4. The van der Waals surface area contributed by atoms with Crippen molar-refractivity contribution in [3.05, 3.63) is 12.1 Å². The van der Waals surface area contributed by atoms with E-state index in [0.29, 0.717) is 29.1 Å². The molecule has 114 valence electrons. The van der Waals surface area contributed by atoms with E-state index in [1.807, 2.05) is 6.92 Å². The largest absolute Gasteiger partial charge is 0.493 e. The summed E-state index contributed by atoms with van der Waals surface area (Å²) in [7, 11) is 3.09. The summed E-state index contributed by atoms with van der Waals surface area (Å²) in [5, 5.41) is 0. The molecule has 2 aromatic rings. The van der Waals surface area contributed by atoms with Gasteiger partial charge in [-0.2, -0.15) is 0 Å². The van der Waals surface area contributed by atoms with Gasteiger partial charge >= 0.3 is 5.97 Å². The number of nitrogens with two attached hydrogens (primary N) is 1. The van der Waals surface area contributed by atoms with E-state index in [9.17, 15) is 4.79 Å². The Morgan fingerprint density at radius 3 is 2.57 bits per heavy atom. The monoisotopic (exact) mass is 293 g/mol. The summed E-state index contributed by atoms with van der Waals surface area (Å²) >= 11 is 0. The van der Waals surface area contributed by atoms with Crippen LogP contribution in [0.5, 0.6) is 11.5 Å². The summed E-state index contributed by atoms with van der Waals surface area (Å²) in [4.78, 5) is 16.0. The van der Waals surface area contributed by atoms with Crippen LogP contribution in [0.4, 0.5) is 5.95 Å². The Hall–Kier alpha value is -2.44. The molecule has 0 radical (unpaired) electrons. The van der Waals surface area contributed by atoms with E-state index in [4.69, 9.17) is 19.9 Å². The first-order valence-electron chi connectivity index (χ1n) is 6.64. The topological polar surface area (TPSA) is 88.6 Å². The number of carbonyl (C=O) groups excluding carboxylic acids is 1. The zero-order valence-electron chi connectivity index (χ0n) is 12.4. The van der Waals surface area contributed by atoms with Crippen molar-refractivity contribution in [2.45, 2.75) is 19.9 Å². The number of carbonyl (C=O) groups is 1. The van der Waals surface area contributed by atoms with Crippen LogP contribution < -0.4 is 15.2 Å². The first kappa shape index (κ1) is 15.0. The van der Waals surface area contributed by atoms with E-state index in [-0.39, 0.29) is 18.5 Å². The molecule has 0 saturated carbocycles. The third kappa shape index (κ3) is 3.01. The van der Waals surface area contributed by atoms with Gasteiger partial charge in [0.15, 0.2) is 11.5 Å². The molecule has 0 spiro atoms. The van der Waals surface area contributed by atoms with Gasteiger partial charge in [0.1, 0.15) is 6.54 Å². The van der Waals surface area contributed by atoms with E-state index in [2.05, 4.69) is 4.98 Å². The maximum atomic E-state index is 11.8. The highest BCUT2D eigenvalue weighted by Crippen LogP contribution is 2.32. The zero-order valence-corrected chi connectivity index (χ0v) is 12.4. The lowest BCUT2D eigenvalue weighted by Gasteiger charge is -2.09. The normalized spacial score (nSPS) is 10.6. The molecule has 0 aliphatic carbocycles. The Balaban J connectivity index is 2.39. The maximum Gasteiger partial charge on any atom is 0.326 e. The van der Waals surface area contributed by atoms with Crippen molar-refractivity contribution in [2.24, 2.45) is 0 Å². The average Bonchev–Trinajstić information content (AvgIpc) is 2.78. The van der Waals surface area contributed by atoms with Crippen LogP contribution in [0.25, 0.3) is 11.0 Å². The fourth-order valence-electron chi connectivity index (χ4n) is 2.03. The molecular weight excluding hydrogens is 274 g/mol. The van der Waals surface area contributed by atoms with Gasteiger partial charge in [0.05, 0.1) is 31.9 Å². The number of methoxy groups -OCH3 is 2. The summed E-state index contributed by atoms with van der Waals surface area (Å²) in [5.74, 6) is 1.00. The second-order valence-electron chi connectivity index (χ2n) is 4.47. The number of fused-ring (bicyclic) bond motifs is 1. The molecule has 0 amide bonds. The number of hydrogen-bond donors (Lipinski definition) is 1. The van der Waals surface area contributed by atoms with Gasteiger partial charge in [-0.05, 0) is 6.42 Å². The highest BCUT2D eigenvalue weighted by atomic mass is 16.5. The van der Waals surface area contributed by atoms with Crippen LogP contribution in [0.1, 0.15) is 13.3 Å². The van der Waals surface area contributed by atoms with Gasteiger partial charge in [-0.1, -0.05) is 6.92 Å². The van der Waals surface area contributed by atoms with Crippen LogP contribution in [0.2, 0.25) is 0 Å². The summed E-state index contributed by atoms with van der Waals surface area (Å²) in [6.07, 6.45) is 0.775. The van der Waals surface area contributed by atoms with Crippen molar-refractivity contribution in [1.29, 1.82) is 0 Å². The van der Waals surface area contributed by atoms with Crippen molar-refractivity contribution in [3.63, 3.8) is 0 Å². The van der Waals surface area contributed by atoms with Crippen molar-refractivity contribution >= 4 is 23.0 Å². The van der Waals surface area contributed by atoms with Crippen LogP contribution in [0, 0.1) is 0 Å². The van der Waals surface area contributed by atoms with Crippen LogP contribution in [0.15, 0.2) is 12.1 Å². The highest BCUT2D eigenvalue weighted by Gasteiger charge is 2.16. The number of imidazole rings is 1. The fraction of sp³-hybridized carbons (Fsp3) is 0.429. The number of ether oxygens (including phenoxy) is 3. The molecule has 0 atom stereocenters. The first-order valence-corrected chi connectivity index (χ1v) is 6.64. The first-order chi connectivity index (χ1) is 10.1. The molecule has 0 aliphatic heterocycles. The quantitative estimate of drug-likeness (QED) is 0.814. The molecule has 0 saturated heterocycles. The molecule has 1 aromatic carbocycles. The third-order valence-corrected chi connectivity index (χ3v) is 3.04. The number of nitrogen functional groups attached to an aromatic ring is 1. The summed E-state index contributed by atoms with van der Waals surface area (Å²) in [6.45, 7) is 2.34. The molecule has 2 N–H and O–H groups in total. The lowest BCUT2D eigenvalue weighted by atomic mass is 10.2. The smallest absolute Gasteiger partial charge is 0.326 e. The molecule has 7 heteroatoms. The molecule has 0 fully saturated rings. The predicted octanol–water partition coefficient (Wildman–Crippen LogP) is 1.59. The van der Waals surface area contributed by atoms with E-state index >= 15 is 0 Å². The number of rotatable bonds is 6. The SMILES string of the molecule is CCCOC(=O)Cn1c(N)nc2cc(OC)c(OC)cc21. The van der Waals surface area contributed by atoms with Crippen LogP contribution >= 0.6 is 0 Å². The maximum absolute atomic E-state index is 11.8. The molecule has 0 aliphatic rings.